The Balaban J connectivity index is 2.35. The van der Waals surface area contributed by atoms with Gasteiger partial charge in [0.2, 0.25) is 0 Å². The summed E-state index contributed by atoms with van der Waals surface area (Å²) in [6.07, 6.45) is 2.00. The van der Waals surface area contributed by atoms with Gasteiger partial charge < -0.3 is 5.11 Å². The lowest BCUT2D eigenvalue weighted by Gasteiger charge is -2.43. The highest BCUT2D eigenvalue weighted by atomic mass is 32.2. The minimum Gasteiger partial charge on any atom is -0.480 e. The SMILES string of the molecule is CCCC1CC(C(=O)O)(S(=O)(=O)c2ccc(F)cc2)C1. The number of rotatable bonds is 5. The summed E-state index contributed by atoms with van der Waals surface area (Å²) in [7, 11) is -4.00. The van der Waals surface area contributed by atoms with E-state index in [-0.39, 0.29) is 23.7 Å². The topological polar surface area (TPSA) is 71.4 Å². The van der Waals surface area contributed by atoms with Gasteiger partial charge in [0.1, 0.15) is 5.82 Å². The molecule has 0 spiro atoms. The van der Waals surface area contributed by atoms with Gasteiger partial charge in [0, 0.05) is 0 Å². The lowest BCUT2D eigenvalue weighted by atomic mass is 9.72. The molecule has 0 radical (unpaired) electrons. The molecule has 0 bridgehead atoms. The number of halogens is 1. The zero-order chi connectivity index (χ0) is 15.0. The molecule has 20 heavy (non-hydrogen) atoms. The van der Waals surface area contributed by atoms with Gasteiger partial charge >= 0.3 is 5.97 Å². The molecule has 1 aromatic rings. The van der Waals surface area contributed by atoms with Crippen molar-refractivity contribution < 1.29 is 22.7 Å². The zero-order valence-corrected chi connectivity index (χ0v) is 12.0. The monoisotopic (exact) mass is 300 g/mol. The Kier molecular flexibility index (Phi) is 3.86. The average Bonchev–Trinajstić information content (AvgIpc) is 2.32. The van der Waals surface area contributed by atoms with E-state index in [4.69, 9.17) is 0 Å². The van der Waals surface area contributed by atoms with E-state index in [1.165, 1.54) is 0 Å². The Morgan fingerprint density at radius 1 is 1.35 bits per heavy atom. The van der Waals surface area contributed by atoms with Crippen LogP contribution in [0.5, 0.6) is 0 Å². The van der Waals surface area contributed by atoms with Crippen molar-refractivity contribution in [3.05, 3.63) is 30.1 Å². The van der Waals surface area contributed by atoms with Crippen LogP contribution in [0.4, 0.5) is 4.39 Å². The summed E-state index contributed by atoms with van der Waals surface area (Å²) in [6, 6.07) is 4.32. The second-order valence-electron chi connectivity index (χ2n) is 5.32. The van der Waals surface area contributed by atoms with E-state index in [9.17, 15) is 22.7 Å². The van der Waals surface area contributed by atoms with Crippen molar-refractivity contribution in [2.75, 3.05) is 0 Å². The largest absolute Gasteiger partial charge is 0.480 e. The highest BCUT2D eigenvalue weighted by molar-refractivity contribution is 7.93. The predicted molar refractivity (Wildman–Crippen MR) is 71.6 cm³/mol. The van der Waals surface area contributed by atoms with Gasteiger partial charge in [-0.05, 0) is 43.0 Å². The molecule has 1 saturated carbocycles. The Labute approximate surface area is 117 Å². The van der Waals surface area contributed by atoms with Crippen molar-refractivity contribution in [1.82, 2.24) is 0 Å². The molecule has 6 heteroatoms. The van der Waals surface area contributed by atoms with Crippen molar-refractivity contribution in [3.8, 4) is 0 Å². The van der Waals surface area contributed by atoms with Gasteiger partial charge in [0.05, 0.1) is 4.90 Å². The molecule has 1 aliphatic rings. The Hall–Kier alpha value is -1.43. The zero-order valence-electron chi connectivity index (χ0n) is 11.2. The minimum absolute atomic E-state index is 0.128. The van der Waals surface area contributed by atoms with E-state index in [0.29, 0.717) is 0 Å². The number of aliphatic carboxylic acids is 1. The highest BCUT2D eigenvalue weighted by Gasteiger charge is 2.59. The van der Waals surface area contributed by atoms with Crippen molar-refractivity contribution in [3.63, 3.8) is 0 Å². The van der Waals surface area contributed by atoms with E-state index < -0.39 is 26.4 Å². The molecule has 0 saturated heterocycles. The van der Waals surface area contributed by atoms with Crippen LogP contribution in [0.2, 0.25) is 0 Å². The van der Waals surface area contributed by atoms with Crippen LogP contribution < -0.4 is 0 Å². The van der Waals surface area contributed by atoms with E-state index in [2.05, 4.69) is 0 Å². The molecule has 0 aliphatic heterocycles. The van der Waals surface area contributed by atoms with Gasteiger partial charge in [-0.25, -0.2) is 12.8 Å². The van der Waals surface area contributed by atoms with Crippen LogP contribution >= 0.6 is 0 Å². The Morgan fingerprint density at radius 3 is 2.35 bits per heavy atom. The third-order valence-electron chi connectivity index (χ3n) is 3.96. The Morgan fingerprint density at radius 2 is 1.90 bits per heavy atom. The van der Waals surface area contributed by atoms with Gasteiger partial charge in [0.25, 0.3) is 0 Å². The summed E-state index contributed by atoms with van der Waals surface area (Å²) in [6.45, 7) is 1.98. The van der Waals surface area contributed by atoms with Gasteiger partial charge in [0.15, 0.2) is 14.6 Å². The standard InChI is InChI=1S/C14H17FO4S/c1-2-3-10-8-14(9-10,13(16)17)20(18,19)12-6-4-11(15)5-7-12/h4-7,10H,2-3,8-9H2,1H3,(H,16,17). The average molecular weight is 300 g/mol. The van der Waals surface area contributed by atoms with Crippen LogP contribution in [-0.4, -0.2) is 24.2 Å². The third-order valence-corrected chi connectivity index (χ3v) is 6.39. The summed E-state index contributed by atoms with van der Waals surface area (Å²) in [4.78, 5) is 11.4. The molecular weight excluding hydrogens is 283 g/mol. The third kappa shape index (κ3) is 2.22. The summed E-state index contributed by atoms with van der Waals surface area (Å²) in [5.74, 6) is -1.73. The van der Waals surface area contributed by atoms with Crippen molar-refractivity contribution in [1.29, 1.82) is 0 Å². The van der Waals surface area contributed by atoms with E-state index >= 15 is 0 Å². The highest BCUT2D eigenvalue weighted by Crippen LogP contribution is 2.48. The number of carbonyl (C=O) groups is 1. The molecule has 110 valence electrons. The summed E-state index contributed by atoms with van der Waals surface area (Å²) < 4.78 is 36.2. The number of sulfone groups is 1. The fourth-order valence-corrected chi connectivity index (χ4v) is 4.92. The maximum absolute atomic E-state index is 12.9. The second-order valence-corrected chi connectivity index (χ2v) is 7.58. The second kappa shape index (κ2) is 5.16. The maximum atomic E-state index is 12.9. The quantitative estimate of drug-likeness (QED) is 0.849. The number of hydrogen-bond acceptors (Lipinski definition) is 3. The van der Waals surface area contributed by atoms with Crippen LogP contribution in [0.3, 0.4) is 0 Å². The molecular formula is C14H17FO4S. The number of benzene rings is 1. The normalized spacial score (nSPS) is 26.0. The van der Waals surface area contributed by atoms with Gasteiger partial charge in [-0.3, -0.25) is 4.79 Å². The summed E-state index contributed by atoms with van der Waals surface area (Å²) in [5, 5.41) is 9.37. The molecule has 0 aromatic heterocycles. The molecule has 1 aromatic carbocycles. The van der Waals surface area contributed by atoms with Crippen LogP contribution in [0.1, 0.15) is 32.6 Å². The number of hydrogen-bond donors (Lipinski definition) is 1. The molecule has 0 unspecified atom stereocenters. The van der Waals surface area contributed by atoms with Crippen molar-refractivity contribution in [2.45, 2.75) is 42.2 Å². The number of carboxylic acids is 1. The first-order chi connectivity index (χ1) is 9.33. The fourth-order valence-electron chi connectivity index (χ4n) is 2.83. The first-order valence-corrected chi connectivity index (χ1v) is 8.05. The summed E-state index contributed by atoms with van der Waals surface area (Å²) >= 11 is 0. The molecule has 2 rings (SSSR count). The van der Waals surface area contributed by atoms with Crippen LogP contribution in [0.25, 0.3) is 0 Å². The lowest BCUT2D eigenvalue weighted by Crippen LogP contribution is -2.56. The summed E-state index contributed by atoms with van der Waals surface area (Å²) in [5.41, 5.74) is 0. The number of carboxylic acid groups (broad SMARTS) is 1. The van der Waals surface area contributed by atoms with Gasteiger partial charge in [-0.1, -0.05) is 19.8 Å². The van der Waals surface area contributed by atoms with E-state index in [0.717, 1.165) is 37.1 Å². The first kappa shape index (κ1) is 15.0. The predicted octanol–water partition coefficient (Wildman–Crippen LogP) is 2.63. The van der Waals surface area contributed by atoms with Gasteiger partial charge in [-0.15, -0.1) is 0 Å². The molecule has 4 nitrogen and oxygen atoms in total. The minimum atomic E-state index is -4.00. The molecule has 0 amide bonds. The lowest BCUT2D eigenvalue weighted by molar-refractivity contribution is -0.144. The molecule has 0 atom stereocenters. The molecule has 0 heterocycles. The smallest absolute Gasteiger partial charge is 0.325 e. The van der Waals surface area contributed by atoms with E-state index in [1.807, 2.05) is 6.92 Å². The van der Waals surface area contributed by atoms with E-state index in [1.54, 1.807) is 0 Å². The van der Waals surface area contributed by atoms with Crippen molar-refractivity contribution >= 4 is 15.8 Å². The molecule has 1 aliphatic carbocycles. The van der Waals surface area contributed by atoms with Gasteiger partial charge in [-0.2, -0.15) is 0 Å². The fraction of sp³-hybridized carbons (Fsp3) is 0.500. The maximum Gasteiger partial charge on any atom is 0.325 e. The molecule has 1 N–H and O–H groups in total. The van der Waals surface area contributed by atoms with Crippen LogP contribution in [0, 0.1) is 11.7 Å². The van der Waals surface area contributed by atoms with Crippen molar-refractivity contribution in [2.24, 2.45) is 5.92 Å². The van der Waals surface area contributed by atoms with Crippen LogP contribution in [-0.2, 0) is 14.6 Å². The first-order valence-electron chi connectivity index (χ1n) is 6.57. The Bertz CT molecular complexity index is 601. The molecule has 1 fully saturated rings. The van der Waals surface area contributed by atoms with Crippen LogP contribution in [0.15, 0.2) is 29.2 Å².